The van der Waals surface area contributed by atoms with E-state index in [1.54, 1.807) is 0 Å². The highest BCUT2D eigenvalue weighted by atomic mass is 16.5. The third-order valence-corrected chi connectivity index (χ3v) is 4.15. The van der Waals surface area contributed by atoms with E-state index in [0.29, 0.717) is 12.0 Å². The molecule has 2 saturated heterocycles. The predicted molar refractivity (Wildman–Crippen MR) is 79.3 cm³/mol. The van der Waals surface area contributed by atoms with Crippen LogP contribution >= 0.6 is 0 Å². The number of nitrogens with one attached hydrogen (secondary N) is 1. The van der Waals surface area contributed by atoms with Gasteiger partial charge in [0.05, 0.1) is 31.7 Å². The first-order valence-electron chi connectivity index (χ1n) is 7.46. The molecule has 0 spiro atoms. The van der Waals surface area contributed by atoms with Gasteiger partial charge in [0.2, 0.25) is 0 Å². The number of ether oxygens (including phenoxy) is 2. The van der Waals surface area contributed by atoms with E-state index in [1.807, 2.05) is 6.20 Å². The molecule has 0 bridgehead atoms. The SMILES string of the molecule is CC(Nc1ccc(N2CCOCC2)nc1)C1CCOC1. The zero-order valence-electron chi connectivity index (χ0n) is 12.0. The molecule has 0 saturated carbocycles. The topological polar surface area (TPSA) is 46.6 Å². The van der Waals surface area contributed by atoms with Crippen molar-refractivity contribution in [3.05, 3.63) is 18.3 Å². The Kier molecular flexibility index (Phi) is 4.38. The summed E-state index contributed by atoms with van der Waals surface area (Å²) in [4.78, 5) is 6.82. The van der Waals surface area contributed by atoms with E-state index in [4.69, 9.17) is 9.47 Å². The van der Waals surface area contributed by atoms with E-state index >= 15 is 0 Å². The molecule has 0 aliphatic carbocycles. The molecule has 2 fully saturated rings. The first kappa shape index (κ1) is 13.6. The molecule has 0 aromatic carbocycles. The van der Waals surface area contributed by atoms with Crippen LogP contribution in [0.2, 0.25) is 0 Å². The molecule has 2 aliphatic rings. The molecule has 3 heterocycles. The number of hydrogen-bond acceptors (Lipinski definition) is 5. The van der Waals surface area contributed by atoms with Crippen LogP contribution in [0.4, 0.5) is 11.5 Å². The molecule has 2 atom stereocenters. The van der Waals surface area contributed by atoms with Gasteiger partial charge in [0.25, 0.3) is 0 Å². The number of nitrogens with zero attached hydrogens (tertiary/aromatic N) is 2. The minimum atomic E-state index is 0.425. The molecule has 1 aromatic heterocycles. The van der Waals surface area contributed by atoms with Crippen molar-refractivity contribution in [3.8, 4) is 0 Å². The van der Waals surface area contributed by atoms with Gasteiger partial charge in [-0.2, -0.15) is 0 Å². The lowest BCUT2D eigenvalue weighted by atomic mass is 10.0. The second-order valence-electron chi connectivity index (χ2n) is 5.56. The van der Waals surface area contributed by atoms with Crippen LogP contribution in [0.25, 0.3) is 0 Å². The summed E-state index contributed by atoms with van der Waals surface area (Å²) in [6.45, 7) is 7.42. The number of hydrogen-bond donors (Lipinski definition) is 1. The van der Waals surface area contributed by atoms with Crippen LogP contribution in [-0.4, -0.2) is 50.5 Å². The molecule has 110 valence electrons. The van der Waals surface area contributed by atoms with Crippen molar-refractivity contribution >= 4 is 11.5 Å². The van der Waals surface area contributed by atoms with Crippen LogP contribution in [0.5, 0.6) is 0 Å². The van der Waals surface area contributed by atoms with Crippen LogP contribution in [0.1, 0.15) is 13.3 Å². The summed E-state index contributed by atoms with van der Waals surface area (Å²) in [7, 11) is 0. The summed E-state index contributed by atoms with van der Waals surface area (Å²) >= 11 is 0. The Labute approximate surface area is 120 Å². The van der Waals surface area contributed by atoms with E-state index in [9.17, 15) is 0 Å². The second-order valence-corrected chi connectivity index (χ2v) is 5.56. The third kappa shape index (κ3) is 3.22. The minimum absolute atomic E-state index is 0.425. The summed E-state index contributed by atoms with van der Waals surface area (Å²) < 4.78 is 10.8. The van der Waals surface area contributed by atoms with E-state index in [1.165, 1.54) is 0 Å². The first-order valence-corrected chi connectivity index (χ1v) is 7.46. The van der Waals surface area contributed by atoms with Gasteiger partial charge in [0.15, 0.2) is 0 Å². The van der Waals surface area contributed by atoms with Crippen molar-refractivity contribution < 1.29 is 9.47 Å². The molecule has 2 aliphatic heterocycles. The van der Waals surface area contributed by atoms with Crippen molar-refractivity contribution in [3.63, 3.8) is 0 Å². The number of rotatable bonds is 4. The number of morpholine rings is 1. The fourth-order valence-corrected chi connectivity index (χ4v) is 2.78. The fraction of sp³-hybridized carbons (Fsp3) is 0.667. The van der Waals surface area contributed by atoms with Crippen molar-refractivity contribution in [2.75, 3.05) is 49.7 Å². The molecule has 2 unspecified atom stereocenters. The van der Waals surface area contributed by atoms with E-state index in [2.05, 4.69) is 34.3 Å². The Morgan fingerprint density at radius 2 is 2.10 bits per heavy atom. The standard InChI is InChI=1S/C15H23N3O2/c1-12(13-4-7-20-11-13)17-14-2-3-15(16-10-14)18-5-8-19-9-6-18/h2-3,10,12-13,17H,4-9,11H2,1H3. The third-order valence-electron chi connectivity index (χ3n) is 4.15. The Morgan fingerprint density at radius 3 is 2.75 bits per heavy atom. The molecule has 20 heavy (non-hydrogen) atoms. The first-order chi connectivity index (χ1) is 9.83. The Hall–Kier alpha value is -1.33. The maximum absolute atomic E-state index is 5.44. The maximum atomic E-state index is 5.44. The molecule has 5 heteroatoms. The number of pyridine rings is 1. The molecule has 0 radical (unpaired) electrons. The van der Waals surface area contributed by atoms with Gasteiger partial charge in [-0.3, -0.25) is 0 Å². The predicted octanol–water partition coefficient (Wildman–Crippen LogP) is 1.76. The van der Waals surface area contributed by atoms with Gasteiger partial charge in [-0.05, 0) is 25.5 Å². The van der Waals surface area contributed by atoms with Crippen LogP contribution < -0.4 is 10.2 Å². The van der Waals surface area contributed by atoms with Crippen LogP contribution in [0.3, 0.4) is 0 Å². The average molecular weight is 277 g/mol. The largest absolute Gasteiger partial charge is 0.381 e. The lowest BCUT2D eigenvalue weighted by Crippen LogP contribution is -2.36. The summed E-state index contributed by atoms with van der Waals surface area (Å²) in [6.07, 6.45) is 3.07. The normalized spacial score (nSPS) is 24.6. The van der Waals surface area contributed by atoms with Gasteiger partial charge in [-0.15, -0.1) is 0 Å². The minimum Gasteiger partial charge on any atom is -0.381 e. The van der Waals surface area contributed by atoms with E-state index in [-0.39, 0.29) is 0 Å². The highest BCUT2D eigenvalue weighted by Crippen LogP contribution is 2.21. The van der Waals surface area contributed by atoms with Gasteiger partial charge < -0.3 is 19.7 Å². The van der Waals surface area contributed by atoms with Gasteiger partial charge in [-0.25, -0.2) is 4.98 Å². The quantitative estimate of drug-likeness (QED) is 0.908. The number of anilines is 2. The Balaban J connectivity index is 1.57. The van der Waals surface area contributed by atoms with Crippen molar-refractivity contribution in [2.24, 2.45) is 5.92 Å². The zero-order valence-corrected chi connectivity index (χ0v) is 12.0. The van der Waals surface area contributed by atoms with Crippen LogP contribution in [0, 0.1) is 5.92 Å². The Morgan fingerprint density at radius 1 is 1.25 bits per heavy atom. The van der Waals surface area contributed by atoms with Gasteiger partial charge >= 0.3 is 0 Å². The van der Waals surface area contributed by atoms with E-state index in [0.717, 1.165) is 57.4 Å². The fourth-order valence-electron chi connectivity index (χ4n) is 2.78. The highest BCUT2D eigenvalue weighted by molar-refractivity contribution is 5.49. The lowest BCUT2D eigenvalue weighted by molar-refractivity contribution is 0.122. The van der Waals surface area contributed by atoms with Gasteiger partial charge in [0, 0.05) is 31.7 Å². The van der Waals surface area contributed by atoms with Crippen molar-refractivity contribution in [1.82, 2.24) is 4.98 Å². The maximum Gasteiger partial charge on any atom is 0.128 e. The second kappa shape index (κ2) is 6.41. The molecule has 0 amide bonds. The summed E-state index contributed by atoms with van der Waals surface area (Å²) in [5.74, 6) is 1.64. The molecular formula is C15H23N3O2. The van der Waals surface area contributed by atoms with Crippen molar-refractivity contribution in [1.29, 1.82) is 0 Å². The van der Waals surface area contributed by atoms with E-state index < -0.39 is 0 Å². The molecular weight excluding hydrogens is 254 g/mol. The summed E-state index contributed by atoms with van der Waals surface area (Å²) in [5, 5.41) is 3.53. The molecule has 1 N–H and O–H groups in total. The lowest BCUT2D eigenvalue weighted by Gasteiger charge is -2.28. The molecule has 5 nitrogen and oxygen atoms in total. The monoisotopic (exact) mass is 277 g/mol. The zero-order chi connectivity index (χ0) is 13.8. The average Bonchev–Trinajstić information content (AvgIpc) is 3.03. The smallest absolute Gasteiger partial charge is 0.128 e. The summed E-state index contributed by atoms with van der Waals surface area (Å²) in [5.41, 5.74) is 1.08. The van der Waals surface area contributed by atoms with Gasteiger partial charge in [0.1, 0.15) is 5.82 Å². The molecule has 3 rings (SSSR count). The molecule has 1 aromatic rings. The highest BCUT2D eigenvalue weighted by Gasteiger charge is 2.22. The van der Waals surface area contributed by atoms with Crippen LogP contribution in [0.15, 0.2) is 18.3 Å². The van der Waals surface area contributed by atoms with Crippen molar-refractivity contribution in [2.45, 2.75) is 19.4 Å². The van der Waals surface area contributed by atoms with Gasteiger partial charge in [-0.1, -0.05) is 0 Å². The Bertz CT molecular complexity index is 412. The van der Waals surface area contributed by atoms with Crippen LogP contribution in [-0.2, 0) is 9.47 Å². The number of aromatic nitrogens is 1. The summed E-state index contributed by atoms with van der Waals surface area (Å²) in [6, 6.07) is 4.63.